The monoisotopic (exact) mass is 402 g/mol. The third-order valence-electron chi connectivity index (χ3n) is 4.12. The van der Waals surface area contributed by atoms with Crippen molar-refractivity contribution in [3.05, 3.63) is 47.5 Å². The normalized spacial score (nSPS) is 10.1. The summed E-state index contributed by atoms with van der Waals surface area (Å²) in [5, 5.41) is 0. The van der Waals surface area contributed by atoms with E-state index in [-0.39, 0.29) is 5.56 Å². The Morgan fingerprint density at radius 1 is 0.828 bits per heavy atom. The lowest BCUT2D eigenvalue weighted by Gasteiger charge is -2.13. The quantitative estimate of drug-likeness (QED) is 0.495. The summed E-state index contributed by atoms with van der Waals surface area (Å²) in [6.45, 7) is 2.64. The van der Waals surface area contributed by atoms with E-state index in [1.54, 1.807) is 36.4 Å². The molecule has 2 N–H and O–H groups in total. The summed E-state index contributed by atoms with van der Waals surface area (Å²) in [7, 11) is 4.46. The first-order valence-electron chi connectivity index (χ1n) is 9.17. The van der Waals surface area contributed by atoms with Crippen LogP contribution in [0.15, 0.2) is 36.4 Å². The zero-order valence-corrected chi connectivity index (χ0v) is 17.0. The minimum atomic E-state index is -0.524. The Kier molecular flexibility index (Phi) is 8.14. The zero-order valence-electron chi connectivity index (χ0n) is 17.0. The van der Waals surface area contributed by atoms with Gasteiger partial charge in [-0.25, -0.2) is 0 Å². The Morgan fingerprint density at radius 3 is 2.21 bits per heavy atom. The van der Waals surface area contributed by atoms with E-state index in [4.69, 9.17) is 18.9 Å². The highest BCUT2D eigenvalue weighted by molar-refractivity contribution is 6.00. The molecule has 2 aromatic rings. The number of hydrogen-bond acceptors (Lipinski definition) is 6. The van der Waals surface area contributed by atoms with Crippen molar-refractivity contribution in [3.63, 3.8) is 0 Å². The standard InChI is InChI=1S/C21H26N2O6/c1-5-6-11-29-17-10-7-14(12-19(17)28-4)20(24)22-23-21(25)16-9-8-15(26-2)13-18(16)27-3/h7-10,12-13H,5-6,11H2,1-4H3,(H,22,24)(H,23,25). The van der Waals surface area contributed by atoms with E-state index >= 15 is 0 Å². The molecule has 0 heterocycles. The molecule has 0 unspecified atom stereocenters. The zero-order chi connectivity index (χ0) is 21.2. The van der Waals surface area contributed by atoms with E-state index in [0.29, 0.717) is 35.2 Å². The molecule has 2 rings (SSSR count). The molecule has 0 radical (unpaired) electrons. The molecule has 0 fully saturated rings. The lowest BCUT2D eigenvalue weighted by molar-refractivity contribution is 0.0844. The molecule has 0 aliphatic rings. The van der Waals surface area contributed by atoms with Crippen molar-refractivity contribution in [3.8, 4) is 23.0 Å². The molecular formula is C21H26N2O6. The number of hydrogen-bond donors (Lipinski definition) is 2. The Balaban J connectivity index is 2.04. The second-order valence-electron chi connectivity index (χ2n) is 6.04. The highest BCUT2D eigenvalue weighted by Gasteiger charge is 2.16. The van der Waals surface area contributed by atoms with Gasteiger partial charge in [0.2, 0.25) is 0 Å². The average Bonchev–Trinajstić information content (AvgIpc) is 2.76. The van der Waals surface area contributed by atoms with Crippen molar-refractivity contribution in [2.45, 2.75) is 19.8 Å². The van der Waals surface area contributed by atoms with Crippen LogP contribution in [-0.2, 0) is 0 Å². The van der Waals surface area contributed by atoms with Gasteiger partial charge in [-0.15, -0.1) is 0 Å². The highest BCUT2D eigenvalue weighted by atomic mass is 16.5. The largest absolute Gasteiger partial charge is 0.497 e. The molecule has 2 amide bonds. The number of rotatable bonds is 9. The summed E-state index contributed by atoms with van der Waals surface area (Å²) in [4.78, 5) is 24.8. The van der Waals surface area contributed by atoms with Crippen LogP contribution in [0.25, 0.3) is 0 Å². The number of carbonyl (C=O) groups excluding carboxylic acids is 2. The van der Waals surface area contributed by atoms with E-state index in [1.807, 2.05) is 0 Å². The molecule has 29 heavy (non-hydrogen) atoms. The van der Waals surface area contributed by atoms with E-state index in [1.165, 1.54) is 21.3 Å². The van der Waals surface area contributed by atoms with Crippen LogP contribution in [0.1, 0.15) is 40.5 Å². The SMILES string of the molecule is CCCCOc1ccc(C(=O)NNC(=O)c2ccc(OC)cc2OC)cc1OC. The first kappa shape index (κ1) is 21.9. The van der Waals surface area contributed by atoms with Gasteiger partial charge in [-0.3, -0.25) is 20.4 Å². The van der Waals surface area contributed by atoms with Crippen LogP contribution in [0.3, 0.4) is 0 Å². The number of carbonyl (C=O) groups is 2. The Labute approximate surface area is 170 Å². The summed E-state index contributed by atoms with van der Waals surface area (Å²) in [5.41, 5.74) is 5.32. The van der Waals surface area contributed by atoms with Gasteiger partial charge < -0.3 is 18.9 Å². The average molecular weight is 402 g/mol. The van der Waals surface area contributed by atoms with Gasteiger partial charge in [-0.1, -0.05) is 13.3 Å². The van der Waals surface area contributed by atoms with E-state index < -0.39 is 11.8 Å². The molecular weight excluding hydrogens is 376 g/mol. The number of benzene rings is 2. The predicted molar refractivity (Wildman–Crippen MR) is 108 cm³/mol. The number of unbranched alkanes of at least 4 members (excludes halogenated alkanes) is 1. The Hall–Kier alpha value is -3.42. The molecule has 156 valence electrons. The van der Waals surface area contributed by atoms with Crippen LogP contribution >= 0.6 is 0 Å². The number of ether oxygens (including phenoxy) is 4. The maximum atomic E-state index is 12.4. The fourth-order valence-corrected chi connectivity index (χ4v) is 2.49. The number of amides is 2. The topological polar surface area (TPSA) is 95.1 Å². The van der Waals surface area contributed by atoms with Gasteiger partial charge in [0, 0.05) is 11.6 Å². The Morgan fingerprint density at radius 2 is 1.55 bits per heavy atom. The number of hydrazine groups is 1. The minimum Gasteiger partial charge on any atom is -0.497 e. The van der Waals surface area contributed by atoms with Crippen molar-refractivity contribution in [1.29, 1.82) is 0 Å². The summed E-state index contributed by atoms with van der Waals surface area (Å²) in [6.07, 6.45) is 1.94. The number of methoxy groups -OCH3 is 3. The van der Waals surface area contributed by atoms with Crippen molar-refractivity contribution in [1.82, 2.24) is 10.9 Å². The summed E-state index contributed by atoms with van der Waals surface area (Å²) in [6, 6.07) is 9.57. The van der Waals surface area contributed by atoms with Gasteiger partial charge in [0.25, 0.3) is 11.8 Å². The molecule has 2 aromatic carbocycles. The lowest BCUT2D eigenvalue weighted by Crippen LogP contribution is -2.41. The van der Waals surface area contributed by atoms with Crippen molar-refractivity contribution in [2.24, 2.45) is 0 Å². The highest BCUT2D eigenvalue weighted by Crippen LogP contribution is 2.28. The third-order valence-corrected chi connectivity index (χ3v) is 4.12. The van der Waals surface area contributed by atoms with Gasteiger partial charge in [0.05, 0.1) is 33.5 Å². The summed E-state index contributed by atoms with van der Waals surface area (Å²) < 4.78 is 21.3. The fraction of sp³-hybridized carbons (Fsp3) is 0.333. The van der Waals surface area contributed by atoms with Crippen LogP contribution in [0.2, 0.25) is 0 Å². The summed E-state index contributed by atoms with van der Waals surface area (Å²) >= 11 is 0. The van der Waals surface area contributed by atoms with E-state index in [2.05, 4.69) is 17.8 Å². The molecule has 0 aromatic heterocycles. The smallest absolute Gasteiger partial charge is 0.273 e. The van der Waals surface area contributed by atoms with Crippen LogP contribution in [0.5, 0.6) is 23.0 Å². The van der Waals surface area contributed by atoms with Crippen molar-refractivity contribution in [2.75, 3.05) is 27.9 Å². The molecule has 0 spiro atoms. The predicted octanol–water partition coefficient (Wildman–Crippen LogP) is 2.97. The lowest BCUT2D eigenvalue weighted by atomic mass is 10.1. The van der Waals surface area contributed by atoms with Crippen molar-refractivity contribution < 1.29 is 28.5 Å². The molecule has 0 aliphatic heterocycles. The molecule has 8 nitrogen and oxygen atoms in total. The molecule has 0 aliphatic carbocycles. The first-order valence-corrected chi connectivity index (χ1v) is 9.17. The maximum Gasteiger partial charge on any atom is 0.273 e. The maximum absolute atomic E-state index is 12.4. The first-order chi connectivity index (χ1) is 14.0. The van der Waals surface area contributed by atoms with Gasteiger partial charge >= 0.3 is 0 Å². The minimum absolute atomic E-state index is 0.255. The molecule has 0 bridgehead atoms. The molecule has 0 atom stereocenters. The second-order valence-corrected chi connectivity index (χ2v) is 6.04. The third kappa shape index (κ3) is 5.78. The summed E-state index contributed by atoms with van der Waals surface area (Å²) in [5.74, 6) is 0.858. The van der Waals surface area contributed by atoms with Gasteiger partial charge in [-0.2, -0.15) is 0 Å². The molecule has 0 saturated heterocycles. The Bertz CT molecular complexity index is 853. The fourth-order valence-electron chi connectivity index (χ4n) is 2.49. The van der Waals surface area contributed by atoms with Crippen LogP contribution in [0.4, 0.5) is 0 Å². The number of nitrogens with one attached hydrogen (secondary N) is 2. The van der Waals surface area contributed by atoms with E-state index in [0.717, 1.165) is 12.8 Å². The van der Waals surface area contributed by atoms with Crippen LogP contribution in [-0.4, -0.2) is 39.8 Å². The van der Waals surface area contributed by atoms with Gasteiger partial charge in [-0.05, 0) is 36.8 Å². The molecule has 0 saturated carbocycles. The van der Waals surface area contributed by atoms with E-state index in [9.17, 15) is 9.59 Å². The van der Waals surface area contributed by atoms with Crippen molar-refractivity contribution >= 4 is 11.8 Å². The second kappa shape index (κ2) is 10.8. The van der Waals surface area contributed by atoms with Crippen LogP contribution in [0, 0.1) is 0 Å². The van der Waals surface area contributed by atoms with Gasteiger partial charge in [0.15, 0.2) is 11.5 Å². The molecule has 8 heteroatoms. The van der Waals surface area contributed by atoms with Crippen LogP contribution < -0.4 is 29.8 Å². The van der Waals surface area contributed by atoms with Gasteiger partial charge in [0.1, 0.15) is 11.5 Å².